The zero-order chi connectivity index (χ0) is 11.5. The Balaban J connectivity index is 2.14. The van der Waals surface area contributed by atoms with Gasteiger partial charge in [0.25, 0.3) is 0 Å². The predicted molar refractivity (Wildman–Crippen MR) is 66.2 cm³/mol. The minimum absolute atomic E-state index is 0.797. The maximum absolute atomic E-state index is 5.74. The molecule has 0 spiro atoms. The molecule has 0 bridgehead atoms. The van der Waals surface area contributed by atoms with E-state index in [2.05, 4.69) is 16.0 Å². The van der Waals surface area contributed by atoms with Gasteiger partial charge < -0.3 is 15.2 Å². The molecule has 4 nitrogen and oxygen atoms in total. The van der Waals surface area contributed by atoms with Crippen molar-refractivity contribution in [3.8, 4) is 0 Å². The monoisotopic (exact) mass is 216 g/mol. The van der Waals surface area contributed by atoms with Gasteiger partial charge in [-0.3, -0.25) is 0 Å². The quantitative estimate of drug-likeness (QED) is 0.793. The molecule has 0 aliphatic heterocycles. The predicted octanol–water partition coefficient (Wildman–Crippen LogP) is 1.64. The van der Waals surface area contributed by atoms with Crippen LogP contribution in [0.1, 0.15) is 5.56 Å². The number of aryl methyl sites for hydroxylation is 1. The van der Waals surface area contributed by atoms with Crippen molar-refractivity contribution in [1.82, 2.24) is 9.55 Å². The van der Waals surface area contributed by atoms with Gasteiger partial charge in [0.05, 0.1) is 0 Å². The van der Waals surface area contributed by atoms with Gasteiger partial charge in [0.2, 0.25) is 5.95 Å². The highest BCUT2D eigenvalue weighted by Gasteiger charge is 2.06. The highest BCUT2D eigenvalue weighted by Crippen LogP contribution is 2.13. The van der Waals surface area contributed by atoms with E-state index in [0.717, 1.165) is 18.2 Å². The number of aromatic nitrogens is 2. The van der Waals surface area contributed by atoms with E-state index in [-0.39, 0.29) is 0 Å². The summed E-state index contributed by atoms with van der Waals surface area (Å²) in [7, 11) is 4.00. The summed E-state index contributed by atoms with van der Waals surface area (Å²) in [6.45, 7) is 0.801. The summed E-state index contributed by atoms with van der Waals surface area (Å²) in [6.07, 6.45) is 3.73. The van der Waals surface area contributed by atoms with E-state index in [0.29, 0.717) is 0 Å². The normalized spacial score (nSPS) is 10.4. The van der Waals surface area contributed by atoms with Crippen LogP contribution in [0.2, 0.25) is 0 Å². The molecule has 2 rings (SSSR count). The first-order valence-electron chi connectivity index (χ1n) is 5.19. The molecule has 0 radical (unpaired) electrons. The lowest BCUT2D eigenvalue weighted by Crippen LogP contribution is -2.19. The molecule has 0 fully saturated rings. The smallest absolute Gasteiger partial charge is 0.205 e. The molecule has 0 saturated carbocycles. The van der Waals surface area contributed by atoms with Gasteiger partial charge in [0, 0.05) is 38.7 Å². The molecule has 2 aromatic rings. The molecule has 0 aliphatic carbocycles. The number of imidazole rings is 1. The van der Waals surface area contributed by atoms with Crippen molar-refractivity contribution in [1.29, 1.82) is 0 Å². The van der Waals surface area contributed by atoms with E-state index in [4.69, 9.17) is 5.73 Å². The first-order chi connectivity index (χ1) is 7.66. The molecule has 0 unspecified atom stereocenters. The Morgan fingerprint density at radius 2 is 2.25 bits per heavy atom. The van der Waals surface area contributed by atoms with Crippen molar-refractivity contribution in [2.45, 2.75) is 6.54 Å². The minimum atomic E-state index is 0.797. The molecular weight excluding hydrogens is 200 g/mol. The summed E-state index contributed by atoms with van der Waals surface area (Å²) in [5.41, 5.74) is 7.73. The Kier molecular flexibility index (Phi) is 2.81. The summed E-state index contributed by atoms with van der Waals surface area (Å²) in [5.74, 6) is 0.947. The van der Waals surface area contributed by atoms with Crippen molar-refractivity contribution in [2.24, 2.45) is 7.05 Å². The first kappa shape index (κ1) is 10.5. The van der Waals surface area contributed by atoms with Gasteiger partial charge in [-0.15, -0.1) is 0 Å². The van der Waals surface area contributed by atoms with E-state index < -0.39 is 0 Å². The fourth-order valence-electron chi connectivity index (χ4n) is 1.76. The maximum Gasteiger partial charge on any atom is 0.205 e. The molecule has 0 atom stereocenters. The second-order valence-corrected chi connectivity index (χ2v) is 3.94. The average molecular weight is 216 g/mol. The molecule has 84 valence electrons. The van der Waals surface area contributed by atoms with Crippen molar-refractivity contribution in [2.75, 3.05) is 17.7 Å². The van der Waals surface area contributed by atoms with Gasteiger partial charge in [-0.2, -0.15) is 0 Å². The Labute approximate surface area is 95.3 Å². The Bertz CT molecular complexity index is 475. The van der Waals surface area contributed by atoms with Crippen LogP contribution in [0.3, 0.4) is 0 Å². The Morgan fingerprint density at radius 3 is 2.88 bits per heavy atom. The van der Waals surface area contributed by atoms with Gasteiger partial charge >= 0.3 is 0 Å². The van der Waals surface area contributed by atoms with E-state index in [1.54, 1.807) is 6.20 Å². The third-order valence-corrected chi connectivity index (χ3v) is 2.51. The van der Waals surface area contributed by atoms with Crippen molar-refractivity contribution >= 4 is 11.6 Å². The van der Waals surface area contributed by atoms with Crippen LogP contribution in [0.25, 0.3) is 0 Å². The number of rotatable bonds is 3. The van der Waals surface area contributed by atoms with Crippen LogP contribution >= 0.6 is 0 Å². The van der Waals surface area contributed by atoms with Gasteiger partial charge in [-0.05, 0) is 17.7 Å². The number of nitrogens with two attached hydrogens (primary N) is 1. The summed E-state index contributed by atoms with van der Waals surface area (Å²) in [4.78, 5) is 6.38. The highest BCUT2D eigenvalue weighted by molar-refractivity contribution is 5.42. The molecule has 0 aliphatic rings. The fourth-order valence-corrected chi connectivity index (χ4v) is 1.76. The zero-order valence-electron chi connectivity index (χ0n) is 9.59. The second kappa shape index (κ2) is 4.26. The third-order valence-electron chi connectivity index (χ3n) is 2.51. The topological polar surface area (TPSA) is 47.1 Å². The van der Waals surface area contributed by atoms with Crippen LogP contribution in [-0.4, -0.2) is 16.6 Å². The largest absolute Gasteiger partial charge is 0.399 e. The van der Waals surface area contributed by atoms with Crippen LogP contribution in [0.4, 0.5) is 11.6 Å². The third kappa shape index (κ3) is 2.16. The highest BCUT2D eigenvalue weighted by atomic mass is 15.3. The maximum atomic E-state index is 5.74. The summed E-state index contributed by atoms with van der Waals surface area (Å²) < 4.78 is 1.99. The molecule has 1 aromatic heterocycles. The van der Waals surface area contributed by atoms with Gasteiger partial charge in [-0.1, -0.05) is 12.1 Å². The molecule has 16 heavy (non-hydrogen) atoms. The first-order valence-corrected chi connectivity index (χ1v) is 5.19. The second-order valence-electron chi connectivity index (χ2n) is 3.94. The van der Waals surface area contributed by atoms with E-state index in [1.807, 2.05) is 43.1 Å². The summed E-state index contributed by atoms with van der Waals surface area (Å²) >= 11 is 0. The van der Waals surface area contributed by atoms with Crippen molar-refractivity contribution < 1.29 is 0 Å². The van der Waals surface area contributed by atoms with Crippen molar-refractivity contribution in [3.05, 3.63) is 42.2 Å². The summed E-state index contributed by atoms with van der Waals surface area (Å²) in [5, 5.41) is 0. The Hall–Kier alpha value is -1.97. The lowest BCUT2D eigenvalue weighted by molar-refractivity contribution is 0.806. The molecule has 0 saturated heterocycles. The van der Waals surface area contributed by atoms with Crippen LogP contribution in [-0.2, 0) is 13.6 Å². The number of hydrogen-bond acceptors (Lipinski definition) is 3. The van der Waals surface area contributed by atoms with E-state index >= 15 is 0 Å². The number of hydrogen-bond donors (Lipinski definition) is 1. The Morgan fingerprint density at radius 1 is 1.44 bits per heavy atom. The number of nitrogen functional groups attached to an aromatic ring is 1. The van der Waals surface area contributed by atoms with Crippen LogP contribution in [0.5, 0.6) is 0 Å². The molecular formula is C12H16N4. The van der Waals surface area contributed by atoms with Crippen molar-refractivity contribution in [3.63, 3.8) is 0 Å². The van der Waals surface area contributed by atoms with Gasteiger partial charge in [0.1, 0.15) is 0 Å². The molecule has 2 N–H and O–H groups in total. The average Bonchev–Trinajstić information content (AvgIpc) is 2.64. The molecule has 1 aromatic carbocycles. The van der Waals surface area contributed by atoms with Crippen LogP contribution in [0, 0.1) is 0 Å². The number of nitrogens with zero attached hydrogens (tertiary/aromatic N) is 3. The molecule has 1 heterocycles. The lowest BCUT2D eigenvalue weighted by Gasteiger charge is -2.18. The van der Waals surface area contributed by atoms with Crippen LogP contribution in [0.15, 0.2) is 36.7 Å². The SMILES string of the molecule is CN(Cc1cccc(N)c1)c1nccn1C. The standard InChI is InChI=1S/C12H16N4/c1-15-7-6-14-12(15)16(2)9-10-4-3-5-11(13)8-10/h3-8H,9,13H2,1-2H3. The van der Waals surface area contributed by atoms with Gasteiger partial charge in [0.15, 0.2) is 0 Å². The van der Waals surface area contributed by atoms with Gasteiger partial charge in [-0.25, -0.2) is 4.98 Å². The number of anilines is 2. The molecule has 4 heteroatoms. The zero-order valence-corrected chi connectivity index (χ0v) is 9.59. The van der Waals surface area contributed by atoms with Crippen LogP contribution < -0.4 is 10.6 Å². The van der Waals surface area contributed by atoms with E-state index in [1.165, 1.54) is 5.56 Å². The molecule has 0 amide bonds. The lowest BCUT2D eigenvalue weighted by atomic mass is 10.2. The summed E-state index contributed by atoms with van der Waals surface area (Å²) in [6, 6.07) is 7.91. The fraction of sp³-hybridized carbons (Fsp3) is 0.250. The number of benzene rings is 1. The van der Waals surface area contributed by atoms with E-state index in [9.17, 15) is 0 Å². The minimum Gasteiger partial charge on any atom is -0.399 e.